The number of rotatable bonds is 17. The fourth-order valence-corrected chi connectivity index (χ4v) is 3.21. The van der Waals surface area contributed by atoms with Crippen LogP contribution < -0.4 is 27.4 Å². The highest BCUT2D eigenvalue weighted by atomic mass is 32.2. The zero-order valence-electron chi connectivity index (χ0n) is 18.8. The molecule has 3 amide bonds. The smallest absolute Gasteiger partial charge is 0.326 e. The summed E-state index contributed by atoms with van der Waals surface area (Å²) in [6.45, 7) is 1.58. The zero-order chi connectivity index (χ0) is 25.6. The Balaban J connectivity index is 5.39. The number of hydrogen-bond acceptors (Lipinski definition) is 9. The highest BCUT2D eigenvalue weighted by molar-refractivity contribution is 7.98. The van der Waals surface area contributed by atoms with Crippen molar-refractivity contribution in [3.05, 3.63) is 0 Å². The fraction of sp³-hybridized carbons (Fsp3) is 0.737. The lowest BCUT2D eigenvalue weighted by molar-refractivity contribution is -0.143. The summed E-state index contributed by atoms with van der Waals surface area (Å²) in [5.41, 5.74) is 11.0. The van der Waals surface area contributed by atoms with E-state index in [0.29, 0.717) is 25.1 Å². The minimum absolute atomic E-state index is 0.119. The second-order valence-corrected chi connectivity index (χ2v) is 8.44. The molecule has 0 fully saturated rings. The second-order valence-electron chi connectivity index (χ2n) is 7.46. The number of nitrogens with one attached hydrogen (secondary N) is 3. The number of carboxylic acids is 2. The van der Waals surface area contributed by atoms with Crippen molar-refractivity contribution in [1.29, 1.82) is 0 Å². The van der Waals surface area contributed by atoms with Gasteiger partial charge in [-0.05, 0) is 51.2 Å². The molecular weight excluding hydrogens is 458 g/mol. The Kier molecular flexibility index (Phi) is 15.0. The second kappa shape index (κ2) is 16.2. The lowest BCUT2D eigenvalue weighted by atomic mass is 10.1. The first-order valence-electron chi connectivity index (χ1n) is 10.4. The summed E-state index contributed by atoms with van der Waals surface area (Å²) in [6.07, 6.45) is 0.991. The predicted molar refractivity (Wildman–Crippen MR) is 121 cm³/mol. The molecule has 0 bridgehead atoms. The molecule has 5 unspecified atom stereocenters. The predicted octanol–water partition coefficient (Wildman–Crippen LogP) is -2.41. The number of aliphatic carboxylic acids is 2. The number of aliphatic hydroxyl groups excluding tert-OH is 1. The van der Waals surface area contributed by atoms with Gasteiger partial charge in [0.05, 0.1) is 18.6 Å². The van der Waals surface area contributed by atoms with Gasteiger partial charge in [-0.2, -0.15) is 11.8 Å². The molecular formula is C19H35N5O8S. The van der Waals surface area contributed by atoms with E-state index in [0.717, 1.165) is 0 Å². The number of unbranched alkanes of at least 4 members (excludes halogenated alkanes) is 1. The van der Waals surface area contributed by atoms with Crippen LogP contribution in [0.1, 0.15) is 39.0 Å². The van der Waals surface area contributed by atoms with Crippen LogP contribution in [0, 0.1) is 0 Å². The Bertz CT molecular complexity index is 679. The van der Waals surface area contributed by atoms with Crippen molar-refractivity contribution >= 4 is 41.4 Å². The average molecular weight is 494 g/mol. The van der Waals surface area contributed by atoms with Crippen LogP contribution in [0.5, 0.6) is 0 Å². The van der Waals surface area contributed by atoms with Gasteiger partial charge in [-0.25, -0.2) is 4.79 Å². The molecule has 10 N–H and O–H groups in total. The van der Waals surface area contributed by atoms with Crippen LogP contribution in [0.4, 0.5) is 0 Å². The van der Waals surface area contributed by atoms with E-state index in [1.54, 1.807) is 6.26 Å². The van der Waals surface area contributed by atoms with E-state index in [-0.39, 0.29) is 12.8 Å². The van der Waals surface area contributed by atoms with Crippen molar-refractivity contribution < 1.29 is 39.3 Å². The molecule has 0 aromatic rings. The molecule has 0 aliphatic heterocycles. The molecule has 190 valence electrons. The molecule has 5 atom stereocenters. The Hall–Kier alpha value is -2.42. The highest BCUT2D eigenvalue weighted by Gasteiger charge is 2.32. The van der Waals surface area contributed by atoms with E-state index < -0.39 is 66.4 Å². The van der Waals surface area contributed by atoms with E-state index in [1.807, 2.05) is 0 Å². The Labute approximate surface area is 196 Å². The van der Waals surface area contributed by atoms with E-state index >= 15 is 0 Å². The first-order chi connectivity index (χ1) is 15.4. The molecule has 0 heterocycles. The molecule has 0 aromatic carbocycles. The molecule has 0 aromatic heterocycles. The van der Waals surface area contributed by atoms with E-state index in [1.165, 1.54) is 18.7 Å². The largest absolute Gasteiger partial charge is 0.481 e. The van der Waals surface area contributed by atoms with E-state index in [4.69, 9.17) is 16.6 Å². The number of carbonyl (C=O) groups is 5. The van der Waals surface area contributed by atoms with Crippen molar-refractivity contribution in [3.8, 4) is 0 Å². The van der Waals surface area contributed by atoms with Gasteiger partial charge < -0.3 is 42.7 Å². The first-order valence-corrected chi connectivity index (χ1v) is 11.8. The van der Waals surface area contributed by atoms with Gasteiger partial charge >= 0.3 is 11.9 Å². The molecule has 14 heteroatoms. The molecule has 0 spiro atoms. The van der Waals surface area contributed by atoms with Crippen molar-refractivity contribution in [2.24, 2.45) is 11.5 Å². The van der Waals surface area contributed by atoms with Crippen LogP contribution in [0.25, 0.3) is 0 Å². The quantitative estimate of drug-likeness (QED) is 0.0993. The number of thioether (sulfide) groups is 1. The molecule has 33 heavy (non-hydrogen) atoms. The van der Waals surface area contributed by atoms with Gasteiger partial charge in [0.25, 0.3) is 0 Å². The number of amides is 3. The molecule has 0 aliphatic rings. The minimum Gasteiger partial charge on any atom is -0.481 e. The number of carbonyl (C=O) groups excluding carboxylic acids is 3. The summed E-state index contributed by atoms with van der Waals surface area (Å²) in [5, 5.41) is 35.1. The SMILES string of the molecule is CSCCC(NC(=O)C(NC(=O)C(CCCCN)NC(=O)C(N)CC(=O)O)C(C)O)C(=O)O. The number of carboxylic acid groups (broad SMARTS) is 2. The highest BCUT2D eigenvalue weighted by Crippen LogP contribution is 2.06. The number of aliphatic hydroxyl groups is 1. The van der Waals surface area contributed by atoms with Crippen LogP contribution in [-0.4, -0.2) is 93.8 Å². The topological polar surface area (TPSA) is 234 Å². The lowest BCUT2D eigenvalue weighted by Gasteiger charge is -2.26. The van der Waals surface area contributed by atoms with E-state index in [2.05, 4.69) is 16.0 Å². The van der Waals surface area contributed by atoms with Gasteiger partial charge in [-0.3, -0.25) is 19.2 Å². The molecule has 13 nitrogen and oxygen atoms in total. The van der Waals surface area contributed by atoms with Gasteiger partial charge in [0.2, 0.25) is 17.7 Å². The van der Waals surface area contributed by atoms with Crippen LogP contribution in [0.15, 0.2) is 0 Å². The summed E-state index contributed by atoms with van der Waals surface area (Å²) < 4.78 is 0. The van der Waals surface area contributed by atoms with Gasteiger partial charge in [-0.15, -0.1) is 0 Å². The van der Waals surface area contributed by atoms with Crippen LogP contribution in [-0.2, 0) is 24.0 Å². The Morgan fingerprint density at radius 3 is 2.00 bits per heavy atom. The molecule has 0 aliphatic carbocycles. The average Bonchev–Trinajstić information content (AvgIpc) is 2.72. The maximum Gasteiger partial charge on any atom is 0.326 e. The van der Waals surface area contributed by atoms with Gasteiger partial charge in [0.15, 0.2) is 0 Å². The van der Waals surface area contributed by atoms with Gasteiger partial charge in [0, 0.05) is 0 Å². The summed E-state index contributed by atoms with van der Waals surface area (Å²) in [5.74, 6) is -4.67. The van der Waals surface area contributed by atoms with Crippen LogP contribution in [0.2, 0.25) is 0 Å². The number of nitrogens with two attached hydrogens (primary N) is 2. The Morgan fingerprint density at radius 1 is 0.909 bits per heavy atom. The monoisotopic (exact) mass is 493 g/mol. The minimum atomic E-state index is -1.49. The first kappa shape index (κ1) is 30.6. The van der Waals surface area contributed by atoms with E-state index in [9.17, 15) is 34.2 Å². The molecule has 0 saturated carbocycles. The summed E-state index contributed by atoms with van der Waals surface area (Å²) >= 11 is 1.39. The normalized spacial score (nSPS) is 15.4. The lowest BCUT2D eigenvalue weighted by Crippen LogP contribution is -2.59. The Morgan fingerprint density at radius 2 is 1.52 bits per heavy atom. The molecule has 0 rings (SSSR count). The third kappa shape index (κ3) is 12.4. The third-order valence-electron chi connectivity index (χ3n) is 4.60. The zero-order valence-corrected chi connectivity index (χ0v) is 19.6. The van der Waals surface area contributed by atoms with Crippen molar-refractivity contribution in [2.75, 3.05) is 18.6 Å². The summed E-state index contributed by atoms with van der Waals surface area (Å²) in [7, 11) is 0. The maximum atomic E-state index is 12.8. The standard InChI is InChI=1S/C19H35N5O8S/c1-10(25)15(18(30)23-13(19(31)32)6-8-33-2)24-17(29)12(5-3-4-7-20)22-16(28)11(21)9-14(26)27/h10-13,15,25H,3-9,20-21H2,1-2H3,(H,22,28)(H,23,30)(H,24,29)(H,26,27)(H,31,32). The van der Waals surface area contributed by atoms with Crippen molar-refractivity contribution in [3.63, 3.8) is 0 Å². The molecule has 0 radical (unpaired) electrons. The summed E-state index contributed by atoms with van der Waals surface area (Å²) in [6, 6.07) is -5.27. The van der Waals surface area contributed by atoms with Gasteiger partial charge in [-0.1, -0.05) is 0 Å². The van der Waals surface area contributed by atoms with Crippen molar-refractivity contribution in [2.45, 2.75) is 69.3 Å². The fourth-order valence-electron chi connectivity index (χ4n) is 2.73. The number of hydrogen-bond donors (Lipinski definition) is 8. The molecule has 0 saturated heterocycles. The van der Waals surface area contributed by atoms with Crippen LogP contribution >= 0.6 is 11.8 Å². The van der Waals surface area contributed by atoms with Crippen molar-refractivity contribution in [1.82, 2.24) is 16.0 Å². The van der Waals surface area contributed by atoms with Gasteiger partial charge in [0.1, 0.15) is 18.1 Å². The van der Waals surface area contributed by atoms with Crippen LogP contribution in [0.3, 0.4) is 0 Å². The summed E-state index contributed by atoms with van der Waals surface area (Å²) in [4.78, 5) is 59.8. The third-order valence-corrected chi connectivity index (χ3v) is 5.24. The maximum absolute atomic E-state index is 12.8.